The summed E-state index contributed by atoms with van der Waals surface area (Å²) in [6.07, 6.45) is 1.89. The van der Waals surface area contributed by atoms with E-state index in [1.807, 2.05) is 6.92 Å². The standard InChI is InChI=1S/C14H22N2O4S2/c1-14(10-15)7-8-16(11-14)22(19,20)13-5-3-12(4-6-13)9-21(2,17)18/h3-6H,7-11,15H2,1-2H3. The van der Waals surface area contributed by atoms with E-state index in [9.17, 15) is 16.8 Å². The molecule has 0 aliphatic carbocycles. The highest BCUT2D eigenvalue weighted by Gasteiger charge is 2.38. The molecule has 6 nitrogen and oxygen atoms in total. The highest BCUT2D eigenvalue weighted by molar-refractivity contribution is 7.90. The van der Waals surface area contributed by atoms with Crippen molar-refractivity contribution >= 4 is 19.9 Å². The first-order valence-corrected chi connectivity index (χ1v) is 10.5. The van der Waals surface area contributed by atoms with E-state index >= 15 is 0 Å². The van der Waals surface area contributed by atoms with Gasteiger partial charge in [-0.2, -0.15) is 4.31 Å². The zero-order chi connectivity index (χ0) is 16.6. The van der Waals surface area contributed by atoms with Crippen molar-refractivity contribution in [1.29, 1.82) is 0 Å². The number of hydrogen-bond donors (Lipinski definition) is 1. The van der Waals surface area contributed by atoms with Crippen LogP contribution in [0.1, 0.15) is 18.9 Å². The third-order valence-corrected chi connectivity index (χ3v) is 6.72. The summed E-state index contributed by atoms with van der Waals surface area (Å²) in [4.78, 5) is 0.186. The lowest BCUT2D eigenvalue weighted by Crippen LogP contribution is -2.34. The van der Waals surface area contributed by atoms with Gasteiger partial charge >= 0.3 is 0 Å². The molecule has 1 heterocycles. The molecule has 0 saturated carbocycles. The van der Waals surface area contributed by atoms with Crippen LogP contribution in [-0.2, 0) is 25.6 Å². The van der Waals surface area contributed by atoms with Crippen LogP contribution in [-0.4, -0.2) is 47.0 Å². The monoisotopic (exact) mass is 346 g/mol. The lowest BCUT2D eigenvalue weighted by molar-refractivity contribution is 0.349. The van der Waals surface area contributed by atoms with Gasteiger partial charge in [0.15, 0.2) is 9.84 Å². The topological polar surface area (TPSA) is 97.5 Å². The predicted octanol–water partition coefficient (Wildman–Crippen LogP) is 0.591. The first kappa shape index (κ1) is 17.4. The molecular formula is C14H22N2O4S2. The fraction of sp³-hybridized carbons (Fsp3) is 0.571. The van der Waals surface area contributed by atoms with Crippen LogP contribution in [0.5, 0.6) is 0 Å². The van der Waals surface area contributed by atoms with Crippen LogP contribution in [0.3, 0.4) is 0 Å². The van der Waals surface area contributed by atoms with Crippen molar-refractivity contribution in [2.24, 2.45) is 11.1 Å². The zero-order valence-corrected chi connectivity index (χ0v) is 14.5. The van der Waals surface area contributed by atoms with Gasteiger partial charge < -0.3 is 5.73 Å². The Hall–Kier alpha value is -0.960. The second-order valence-corrected chi connectivity index (χ2v) is 10.4. The Morgan fingerprint density at radius 1 is 1.18 bits per heavy atom. The van der Waals surface area contributed by atoms with E-state index in [2.05, 4.69) is 0 Å². The van der Waals surface area contributed by atoms with E-state index in [4.69, 9.17) is 5.73 Å². The number of sulfone groups is 1. The Kier molecular flexibility index (Phi) is 4.68. The second-order valence-electron chi connectivity index (χ2n) is 6.32. The molecule has 8 heteroatoms. The van der Waals surface area contributed by atoms with Crippen molar-refractivity contribution in [1.82, 2.24) is 4.31 Å². The quantitative estimate of drug-likeness (QED) is 0.841. The van der Waals surface area contributed by atoms with Crippen LogP contribution >= 0.6 is 0 Å². The highest BCUT2D eigenvalue weighted by atomic mass is 32.2. The molecule has 1 aliphatic rings. The van der Waals surface area contributed by atoms with Crippen molar-refractivity contribution in [2.45, 2.75) is 24.0 Å². The SMILES string of the molecule is CC1(CN)CCN(S(=O)(=O)c2ccc(CS(C)(=O)=O)cc2)C1. The normalized spacial score (nSPS) is 23.8. The largest absolute Gasteiger partial charge is 0.330 e. The predicted molar refractivity (Wildman–Crippen MR) is 85.5 cm³/mol. The minimum atomic E-state index is -3.55. The summed E-state index contributed by atoms with van der Waals surface area (Å²) in [6.45, 7) is 3.31. The molecule has 0 amide bonds. The molecule has 2 N–H and O–H groups in total. The van der Waals surface area contributed by atoms with Crippen LogP contribution in [0.4, 0.5) is 0 Å². The van der Waals surface area contributed by atoms with Crippen molar-refractivity contribution in [3.63, 3.8) is 0 Å². The zero-order valence-electron chi connectivity index (χ0n) is 12.8. The summed E-state index contributed by atoms with van der Waals surface area (Å²) in [5, 5.41) is 0. The van der Waals surface area contributed by atoms with E-state index < -0.39 is 19.9 Å². The van der Waals surface area contributed by atoms with Crippen molar-refractivity contribution in [3.8, 4) is 0 Å². The minimum absolute atomic E-state index is 0.0950. The number of sulfonamides is 1. The van der Waals surface area contributed by atoms with Gasteiger partial charge in [0.1, 0.15) is 0 Å². The van der Waals surface area contributed by atoms with Crippen molar-refractivity contribution in [2.75, 3.05) is 25.9 Å². The Morgan fingerprint density at radius 3 is 2.23 bits per heavy atom. The molecule has 1 aromatic rings. The minimum Gasteiger partial charge on any atom is -0.330 e. The molecule has 1 fully saturated rings. The van der Waals surface area contributed by atoms with Gasteiger partial charge in [0.25, 0.3) is 0 Å². The molecule has 1 aliphatic heterocycles. The van der Waals surface area contributed by atoms with Crippen LogP contribution in [0.15, 0.2) is 29.2 Å². The molecule has 0 spiro atoms. The van der Waals surface area contributed by atoms with Gasteiger partial charge in [0, 0.05) is 19.3 Å². The number of nitrogens with zero attached hydrogens (tertiary/aromatic N) is 1. The van der Waals surface area contributed by atoms with Gasteiger partial charge in [-0.05, 0) is 36.1 Å². The molecule has 0 bridgehead atoms. The summed E-state index contributed by atoms with van der Waals surface area (Å²) in [5.74, 6) is -0.0950. The summed E-state index contributed by atoms with van der Waals surface area (Å²) in [7, 11) is -6.69. The van der Waals surface area contributed by atoms with Gasteiger partial charge in [-0.15, -0.1) is 0 Å². The lowest BCUT2D eigenvalue weighted by atomic mass is 9.90. The Balaban J connectivity index is 2.21. The summed E-state index contributed by atoms with van der Waals surface area (Å²) in [5.41, 5.74) is 6.11. The molecule has 124 valence electrons. The molecule has 0 radical (unpaired) electrons. The maximum atomic E-state index is 12.6. The van der Waals surface area contributed by atoms with Crippen LogP contribution in [0.25, 0.3) is 0 Å². The Labute approximate surface area is 132 Å². The lowest BCUT2D eigenvalue weighted by Gasteiger charge is -2.22. The number of rotatable bonds is 5. The van der Waals surface area contributed by atoms with Crippen LogP contribution in [0, 0.1) is 5.41 Å². The molecule has 22 heavy (non-hydrogen) atoms. The van der Waals surface area contributed by atoms with Gasteiger partial charge in [0.05, 0.1) is 10.6 Å². The average Bonchev–Trinajstić information content (AvgIpc) is 2.82. The van der Waals surface area contributed by atoms with Gasteiger partial charge in [0.2, 0.25) is 10.0 Å². The number of benzene rings is 1. The van der Waals surface area contributed by atoms with E-state index in [0.717, 1.165) is 12.7 Å². The number of nitrogens with two attached hydrogens (primary N) is 1. The summed E-state index contributed by atoms with van der Waals surface area (Å²) < 4.78 is 49.2. The first-order valence-electron chi connectivity index (χ1n) is 7.03. The fourth-order valence-electron chi connectivity index (χ4n) is 2.56. The van der Waals surface area contributed by atoms with Crippen LogP contribution in [0.2, 0.25) is 0 Å². The number of hydrogen-bond acceptors (Lipinski definition) is 5. The molecule has 0 aromatic heterocycles. The van der Waals surface area contributed by atoms with E-state index in [1.165, 1.54) is 16.4 Å². The summed E-state index contributed by atoms with van der Waals surface area (Å²) >= 11 is 0. The molecule has 1 atom stereocenters. The van der Waals surface area contributed by atoms with Gasteiger partial charge in [-0.25, -0.2) is 16.8 Å². The molecule has 1 unspecified atom stereocenters. The molecule has 1 aromatic carbocycles. The smallest absolute Gasteiger partial charge is 0.243 e. The molecular weight excluding hydrogens is 324 g/mol. The maximum absolute atomic E-state index is 12.6. The summed E-state index contributed by atoms with van der Waals surface area (Å²) in [6, 6.07) is 6.03. The van der Waals surface area contributed by atoms with Gasteiger partial charge in [-0.1, -0.05) is 19.1 Å². The first-order chi connectivity index (χ1) is 10.1. The molecule has 1 saturated heterocycles. The fourth-order valence-corrected chi connectivity index (χ4v) is 4.95. The average molecular weight is 346 g/mol. The Bertz CT molecular complexity index is 742. The maximum Gasteiger partial charge on any atom is 0.243 e. The molecule has 2 rings (SSSR count). The third kappa shape index (κ3) is 3.87. The van der Waals surface area contributed by atoms with E-state index in [-0.39, 0.29) is 16.1 Å². The van der Waals surface area contributed by atoms with Crippen LogP contribution < -0.4 is 5.73 Å². The van der Waals surface area contributed by atoms with E-state index in [1.54, 1.807) is 12.1 Å². The second kappa shape index (κ2) is 5.92. The Morgan fingerprint density at radius 2 is 1.77 bits per heavy atom. The van der Waals surface area contributed by atoms with E-state index in [0.29, 0.717) is 25.2 Å². The third-order valence-electron chi connectivity index (χ3n) is 4.01. The van der Waals surface area contributed by atoms with Crippen molar-refractivity contribution < 1.29 is 16.8 Å². The van der Waals surface area contributed by atoms with Crippen molar-refractivity contribution in [3.05, 3.63) is 29.8 Å². The van der Waals surface area contributed by atoms with Gasteiger partial charge in [-0.3, -0.25) is 0 Å². The highest BCUT2D eigenvalue weighted by Crippen LogP contribution is 2.32.